The highest BCUT2D eigenvalue weighted by Crippen LogP contribution is 2.17. The van der Waals surface area contributed by atoms with E-state index in [2.05, 4.69) is 30.1 Å². The molecule has 94 valence electrons. The predicted octanol–water partition coefficient (Wildman–Crippen LogP) is 3.40. The van der Waals surface area contributed by atoms with Gasteiger partial charge in [0, 0.05) is 16.8 Å². The zero-order valence-electron chi connectivity index (χ0n) is 9.93. The Balaban J connectivity index is 1.71. The summed E-state index contributed by atoms with van der Waals surface area (Å²) in [7, 11) is 0. The van der Waals surface area contributed by atoms with Crippen LogP contribution in [-0.2, 0) is 6.42 Å². The van der Waals surface area contributed by atoms with Crippen LogP contribution in [0.2, 0.25) is 0 Å². The van der Waals surface area contributed by atoms with Crippen molar-refractivity contribution in [1.29, 1.82) is 0 Å². The van der Waals surface area contributed by atoms with Crippen LogP contribution in [0.25, 0.3) is 0 Å². The van der Waals surface area contributed by atoms with Crippen LogP contribution >= 0.6 is 24.0 Å². The molecule has 0 aliphatic rings. The van der Waals surface area contributed by atoms with Crippen molar-refractivity contribution < 1.29 is 4.79 Å². The minimum absolute atomic E-state index is 0.00615. The minimum atomic E-state index is -0.00615. The van der Waals surface area contributed by atoms with Crippen LogP contribution < -0.4 is 5.32 Å². The van der Waals surface area contributed by atoms with Gasteiger partial charge >= 0.3 is 0 Å². The van der Waals surface area contributed by atoms with E-state index in [4.69, 9.17) is 0 Å². The quantitative estimate of drug-likeness (QED) is 0.636. The number of amides is 1. The number of carbonyl (C=O) groups is 1. The second-order valence-corrected chi connectivity index (χ2v) is 5.44. The lowest BCUT2D eigenvalue weighted by atomic mass is 10.1. The number of benzene rings is 1. The molecule has 2 rings (SSSR count). The first-order valence-electron chi connectivity index (χ1n) is 5.85. The topological polar surface area (TPSA) is 29.1 Å². The van der Waals surface area contributed by atoms with Gasteiger partial charge in [-0.1, -0.05) is 30.3 Å². The Kier molecular flexibility index (Phi) is 4.84. The third-order valence-corrected chi connectivity index (χ3v) is 3.94. The summed E-state index contributed by atoms with van der Waals surface area (Å²) in [5.41, 5.74) is 1.31. The summed E-state index contributed by atoms with van der Waals surface area (Å²) in [6.45, 7) is 0.702. The molecule has 2 nitrogen and oxygen atoms in total. The summed E-state index contributed by atoms with van der Waals surface area (Å²) in [6.07, 6.45) is 1.94. The number of nitrogens with one attached hydrogen (secondary N) is 1. The molecule has 1 amide bonds. The van der Waals surface area contributed by atoms with Crippen LogP contribution in [0.3, 0.4) is 0 Å². The molecule has 0 fully saturated rings. The van der Waals surface area contributed by atoms with Crippen LogP contribution in [0.15, 0.2) is 46.7 Å². The fourth-order valence-electron chi connectivity index (χ4n) is 1.67. The first-order valence-corrected chi connectivity index (χ1v) is 7.18. The van der Waals surface area contributed by atoms with E-state index in [1.165, 1.54) is 16.9 Å². The van der Waals surface area contributed by atoms with Crippen LogP contribution in [0.1, 0.15) is 21.7 Å². The Labute approximate surface area is 116 Å². The molecule has 18 heavy (non-hydrogen) atoms. The van der Waals surface area contributed by atoms with Gasteiger partial charge in [0.15, 0.2) is 0 Å². The van der Waals surface area contributed by atoms with E-state index in [9.17, 15) is 4.79 Å². The highest BCUT2D eigenvalue weighted by Gasteiger charge is 2.06. The lowest BCUT2D eigenvalue weighted by Crippen LogP contribution is -2.23. The van der Waals surface area contributed by atoms with Gasteiger partial charge in [0.2, 0.25) is 0 Å². The maximum atomic E-state index is 11.7. The van der Waals surface area contributed by atoms with Crippen LogP contribution in [-0.4, -0.2) is 12.5 Å². The van der Waals surface area contributed by atoms with E-state index >= 15 is 0 Å². The molecule has 4 heteroatoms. The predicted molar refractivity (Wildman–Crippen MR) is 78.7 cm³/mol. The Morgan fingerprint density at radius 3 is 2.72 bits per heavy atom. The molecule has 0 radical (unpaired) electrons. The Bertz CT molecular complexity index is 508. The molecular weight excluding hydrogens is 262 g/mol. The number of aryl methyl sites for hydroxylation is 1. The summed E-state index contributed by atoms with van der Waals surface area (Å²) >= 11 is 5.61. The van der Waals surface area contributed by atoms with Crippen molar-refractivity contribution in [1.82, 2.24) is 5.32 Å². The standard InChI is InChI=1S/C14H15NOS2/c16-14(13-9-12(17)10-18-13)15-8-4-7-11-5-2-1-3-6-11/h1-3,5-6,9-10,17H,4,7-8H2,(H,15,16). The average molecular weight is 277 g/mol. The summed E-state index contributed by atoms with van der Waals surface area (Å²) in [4.78, 5) is 13.3. The molecule has 0 saturated heterocycles. The third-order valence-electron chi connectivity index (χ3n) is 2.58. The first kappa shape index (κ1) is 13.2. The third kappa shape index (κ3) is 3.89. The molecule has 2 aromatic rings. The maximum absolute atomic E-state index is 11.7. The van der Waals surface area contributed by atoms with Crippen molar-refractivity contribution in [2.45, 2.75) is 17.7 Å². The molecule has 0 saturated carbocycles. The van der Waals surface area contributed by atoms with Gasteiger partial charge in [-0.2, -0.15) is 0 Å². The van der Waals surface area contributed by atoms with Gasteiger partial charge in [-0.25, -0.2) is 0 Å². The number of hydrogen-bond donors (Lipinski definition) is 2. The zero-order chi connectivity index (χ0) is 12.8. The molecule has 1 heterocycles. The highest BCUT2D eigenvalue weighted by atomic mass is 32.1. The number of hydrogen-bond acceptors (Lipinski definition) is 3. The molecule has 1 N–H and O–H groups in total. The molecule has 0 bridgehead atoms. The van der Waals surface area contributed by atoms with E-state index in [0.29, 0.717) is 6.54 Å². The molecular formula is C14H15NOS2. The zero-order valence-corrected chi connectivity index (χ0v) is 11.6. The SMILES string of the molecule is O=C(NCCCc1ccccc1)c1cc(S)cs1. The smallest absolute Gasteiger partial charge is 0.261 e. The second kappa shape index (κ2) is 6.61. The van der Waals surface area contributed by atoms with Crippen molar-refractivity contribution in [3.8, 4) is 0 Å². The number of thiophene rings is 1. The summed E-state index contributed by atoms with van der Waals surface area (Å²) < 4.78 is 0. The van der Waals surface area contributed by atoms with E-state index in [0.717, 1.165) is 22.6 Å². The van der Waals surface area contributed by atoms with Gasteiger partial charge in [-0.05, 0) is 24.5 Å². The highest BCUT2D eigenvalue weighted by molar-refractivity contribution is 7.80. The minimum Gasteiger partial charge on any atom is -0.351 e. The fourth-order valence-corrected chi connectivity index (χ4v) is 2.74. The van der Waals surface area contributed by atoms with E-state index in [1.807, 2.05) is 23.6 Å². The second-order valence-electron chi connectivity index (χ2n) is 4.01. The number of carbonyl (C=O) groups excluding carboxylic acids is 1. The van der Waals surface area contributed by atoms with Gasteiger partial charge in [0.1, 0.15) is 0 Å². The van der Waals surface area contributed by atoms with Crippen molar-refractivity contribution in [3.63, 3.8) is 0 Å². The lowest BCUT2D eigenvalue weighted by Gasteiger charge is -2.03. The van der Waals surface area contributed by atoms with Crippen molar-refractivity contribution >= 4 is 29.9 Å². The van der Waals surface area contributed by atoms with E-state index in [-0.39, 0.29) is 5.91 Å². The number of rotatable bonds is 5. The molecule has 1 aromatic carbocycles. The average Bonchev–Trinajstić information content (AvgIpc) is 2.82. The van der Waals surface area contributed by atoms with Crippen molar-refractivity contribution in [2.75, 3.05) is 6.54 Å². The largest absolute Gasteiger partial charge is 0.351 e. The van der Waals surface area contributed by atoms with Crippen LogP contribution in [0.5, 0.6) is 0 Å². The van der Waals surface area contributed by atoms with E-state index < -0.39 is 0 Å². The van der Waals surface area contributed by atoms with Crippen molar-refractivity contribution in [3.05, 3.63) is 52.2 Å². The van der Waals surface area contributed by atoms with Crippen LogP contribution in [0, 0.1) is 0 Å². The molecule has 0 unspecified atom stereocenters. The molecule has 0 atom stereocenters. The summed E-state index contributed by atoms with van der Waals surface area (Å²) in [6, 6.07) is 12.1. The maximum Gasteiger partial charge on any atom is 0.261 e. The molecule has 0 aliphatic carbocycles. The monoisotopic (exact) mass is 277 g/mol. The van der Waals surface area contributed by atoms with Gasteiger partial charge in [0.25, 0.3) is 5.91 Å². The molecule has 0 aliphatic heterocycles. The van der Waals surface area contributed by atoms with Crippen LogP contribution in [0.4, 0.5) is 0 Å². The first-order chi connectivity index (χ1) is 8.75. The summed E-state index contributed by atoms with van der Waals surface area (Å²) in [5, 5.41) is 4.78. The lowest BCUT2D eigenvalue weighted by molar-refractivity contribution is 0.0957. The van der Waals surface area contributed by atoms with Gasteiger partial charge in [0.05, 0.1) is 4.88 Å². The number of thiol groups is 1. The fraction of sp³-hybridized carbons (Fsp3) is 0.214. The van der Waals surface area contributed by atoms with Gasteiger partial charge < -0.3 is 5.32 Å². The van der Waals surface area contributed by atoms with Gasteiger partial charge in [-0.15, -0.1) is 24.0 Å². The Morgan fingerprint density at radius 2 is 2.06 bits per heavy atom. The van der Waals surface area contributed by atoms with E-state index in [1.54, 1.807) is 6.07 Å². The Hall–Kier alpha value is -1.26. The molecule has 1 aromatic heterocycles. The Morgan fingerprint density at radius 1 is 1.28 bits per heavy atom. The normalized spacial score (nSPS) is 10.3. The van der Waals surface area contributed by atoms with Gasteiger partial charge in [-0.3, -0.25) is 4.79 Å². The molecule has 0 spiro atoms. The summed E-state index contributed by atoms with van der Waals surface area (Å²) in [5.74, 6) is -0.00615. The van der Waals surface area contributed by atoms with Crippen molar-refractivity contribution in [2.24, 2.45) is 0 Å².